The summed E-state index contributed by atoms with van der Waals surface area (Å²) < 4.78 is 0.144. The predicted molar refractivity (Wildman–Crippen MR) is 104 cm³/mol. The number of carboxylic acids is 2. The van der Waals surface area contributed by atoms with Gasteiger partial charge in [-0.3, -0.25) is 9.69 Å². The maximum Gasteiger partial charge on any atom is 0.335 e. The van der Waals surface area contributed by atoms with E-state index in [2.05, 4.69) is 0 Å². The molecule has 1 heterocycles. The molecule has 136 valence electrons. The zero-order valence-electron chi connectivity index (χ0n) is 13.4. The minimum Gasteiger partial charge on any atom is -0.508 e. The molecule has 2 aromatic carbocycles. The number of phenolic OH excluding ortho intramolecular Hbond substituents is 1. The highest BCUT2D eigenvalue weighted by Crippen LogP contribution is 2.37. The van der Waals surface area contributed by atoms with Crippen molar-refractivity contribution >= 4 is 57.9 Å². The first-order chi connectivity index (χ1) is 12.8. The van der Waals surface area contributed by atoms with Gasteiger partial charge < -0.3 is 15.3 Å². The average molecular weight is 401 g/mol. The molecule has 7 nitrogen and oxygen atoms in total. The van der Waals surface area contributed by atoms with Gasteiger partial charge in [0.1, 0.15) is 5.75 Å². The van der Waals surface area contributed by atoms with Crippen molar-refractivity contribution < 1.29 is 29.7 Å². The van der Waals surface area contributed by atoms with Crippen LogP contribution in [0.15, 0.2) is 47.4 Å². The quantitative estimate of drug-likeness (QED) is 0.528. The minimum atomic E-state index is -1.32. The summed E-state index contributed by atoms with van der Waals surface area (Å²) in [6.07, 6.45) is 1.54. The van der Waals surface area contributed by atoms with E-state index in [0.717, 1.165) is 22.7 Å². The molecule has 0 unspecified atom stereocenters. The second kappa shape index (κ2) is 7.22. The van der Waals surface area contributed by atoms with Gasteiger partial charge in [-0.25, -0.2) is 9.59 Å². The monoisotopic (exact) mass is 401 g/mol. The fourth-order valence-corrected chi connectivity index (χ4v) is 3.74. The van der Waals surface area contributed by atoms with E-state index < -0.39 is 17.8 Å². The highest BCUT2D eigenvalue weighted by molar-refractivity contribution is 8.27. The van der Waals surface area contributed by atoms with Gasteiger partial charge in [0, 0.05) is 0 Å². The molecule has 9 heteroatoms. The number of thiocarbonyl (C=S) groups is 1. The lowest BCUT2D eigenvalue weighted by Crippen LogP contribution is -2.28. The summed E-state index contributed by atoms with van der Waals surface area (Å²) in [5.41, 5.74) is 0.113. The van der Waals surface area contributed by atoms with Gasteiger partial charge in [0.2, 0.25) is 0 Å². The number of thioether (sulfide) groups is 1. The number of hydrogen-bond acceptors (Lipinski definition) is 6. The van der Waals surface area contributed by atoms with Crippen LogP contribution in [0, 0.1) is 0 Å². The summed E-state index contributed by atoms with van der Waals surface area (Å²) in [6.45, 7) is 0. The molecule has 0 saturated carbocycles. The third kappa shape index (κ3) is 3.83. The molecular weight excluding hydrogens is 390 g/mol. The summed E-state index contributed by atoms with van der Waals surface area (Å²) in [5.74, 6) is -3.10. The second-order valence-electron chi connectivity index (χ2n) is 5.49. The van der Waals surface area contributed by atoms with Crippen LogP contribution >= 0.6 is 24.0 Å². The lowest BCUT2D eigenvalue weighted by atomic mass is 10.1. The van der Waals surface area contributed by atoms with Crippen molar-refractivity contribution in [3.63, 3.8) is 0 Å². The molecular formula is C18H11NO6S2. The molecule has 1 amide bonds. The Morgan fingerprint density at radius 3 is 2.22 bits per heavy atom. The van der Waals surface area contributed by atoms with Gasteiger partial charge in [0.05, 0.1) is 21.7 Å². The number of aromatic hydroxyl groups is 1. The SMILES string of the molecule is O=C(O)c1cc(C(=O)O)cc(N2C(=O)/C(=C/c3cccc(O)c3)SC2=S)c1. The van der Waals surface area contributed by atoms with Gasteiger partial charge in [0.15, 0.2) is 4.32 Å². The first-order valence-electron chi connectivity index (χ1n) is 7.45. The number of carbonyl (C=O) groups is 3. The van der Waals surface area contributed by atoms with Crippen LogP contribution in [0.25, 0.3) is 6.08 Å². The zero-order chi connectivity index (χ0) is 19.7. The Bertz CT molecular complexity index is 998. The highest BCUT2D eigenvalue weighted by atomic mass is 32.2. The third-order valence-electron chi connectivity index (χ3n) is 3.63. The van der Waals surface area contributed by atoms with Crippen molar-refractivity contribution in [3.8, 4) is 5.75 Å². The van der Waals surface area contributed by atoms with Crippen LogP contribution in [-0.4, -0.2) is 37.5 Å². The van der Waals surface area contributed by atoms with Crippen LogP contribution < -0.4 is 4.90 Å². The Morgan fingerprint density at radius 1 is 1.04 bits per heavy atom. The molecule has 0 aliphatic carbocycles. The van der Waals surface area contributed by atoms with Crippen LogP contribution in [0.5, 0.6) is 5.75 Å². The summed E-state index contributed by atoms with van der Waals surface area (Å²) in [6, 6.07) is 9.67. The summed E-state index contributed by atoms with van der Waals surface area (Å²) in [4.78, 5) is 36.7. The van der Waals surface area contributed by atoms with Crippen LogP contribution in [-0.2, 0) is 4.79 Å². The molecule has 1 aliphatic heterocycles. The van der Waals surface area contributed by atoms with Gasteiger partial charge in [-0.2, -0.15) is 0 Å². The van der Waals surface area contributed by atoms with E-state index in [-0.39, 0.29) is 31.8 Å². The number of rotatable bonds is 4. The molecule has 0 spiro atoms. The number of phenols is 1. The van der Waals surface area contributed by atoms with E-state index in [1.54, 1.807) is 12.1 Å². The molecule has 2 aromatic rings. The first-order valence-corrected chi connectivity index (χ1v) is 8.67. The van der Waals surface area contributed by atoms with Crippen LogP contribution in [0.3, 0.4) is 0 Å². The number of amides is 1. The molecule has 3 N–H and O–H groups in total. The van der Waals surface area contributed by atoms with Gasteiger partial charge in [-0.15, -0.1) is 0 Å². The Kier molecular flexibility index (Phi) is 4.98. The Balaban J connectivity index is 2.03. The van der Waals surface area contributed by atoms with Gasteiger partial charge >= 0.3 is 11.9 Å². The smallest absolute Gasteiger partial charge is 0.335 e. The first kappa shape index (κ1) is 18.6. The largest absolute Gasteiger partial charge is 0.508 e. The number of aromatic carboxylic acids is 2. The Labute approximate surface area is 162 Å². The highest BCUT2D eigenvalue weighted by Gasteiger charge is 2.34. The van der Waals surface area contributed by atoms with E-state index in [0.29, 0.717) is 5.56 Å². The van der Waals surface area contributed by atoms with Gasteiger partial charge in [0.25, 0.3) is 5.91 Å². The molecule has 0 radical (unpaired) electrons. The maximum absolute atomic E-state index is 12.8. The molecule has 27 heavy (non-hydrogen) atoms. The van der Waals surface area contributed by atoms with Gasteiger partial charge in [-0.05, 0) is 42.0 Å². The molecule has 0 bridgehead atoms. The van der Waals surface area contributed by atoms with E-state index in [4.69, 9.17) is 12.2 Å². The predicted octanol–water partition coefficient (Wildman–Crippen LogP) is 3.19. The molecule has 1 fully saturated rings. The van der Waals surface area contributed by atoms with E-state index >= 15 is 0 Å². The Morgan fingerprint density at radius 2 is 1.67 bits per heavy atom. The van der Waals surface area contributed by atoms with E-state index in [1.165, 1.54) is 30.3 Å². The van der Waals surface area contributed by atoms with Crippen molar-refractivity contribution in [2.24, 2.45) is 0 Å². The number of carboxylic acid groups (broad SMARTS) is 2. The van der Waals surface area contributed by atoms with Crippen molar-refractivity contribution in [1.29, 1.82) is 0 Å². The molecule has 0 aromatic heterocycles. The van der Waals surface area contributed by atoms with Crippen molar-refractivity contribution in [2.45, 2.75) is 0 Å². The summed E-state index contributed by atoms with van der Waals surface area (Å²) in [5, 5.41) is 27.9. The lowest BCUT2D eigenvalue weighted by Gasteiger charge is -2.16. The lowest BCUT2D eigenvalue weighted by molar-refractivity contribution is -0.113. The number of nitrogens with zero attached hydrogens (tertiary/aromatic N) is 1. The van der Waals surface area contributed by atoms with E-state index in [9.17, 15) is 29.7 Å². The molecule has 0 atom stereocenters. The van der Waals surface area contributed by atoms with E-state index in [1.807, 2.05) is 0 Å². The summed E-state index contributed by atoms with van der Waals surface area (Å²) >= 11 is 6.22. The molecule has 1 saturated heterocycles. The average Bonchev–Trinajstić information content (AvgIpc) is 2.88. The number of anilines is 1. The summed E-state index contributed by atoms with van der Waals surface area (Å²) in [7, 11) is 0. The fourth-order valence-electron chi connectivity index (χ4n) is 2.44. The molecule has 3 rings (SSSR count). The van der Waals surface area contributed by atoms with Gasteiger partial charge in [-0.1, -0.05) is 36.1 Å². The fraction of sp³-hybridized carbons (Fsp3) is 0. The minimum absolute atomic E-state index is 0.0412. The number of hydrogen-bond donors (Lipinski definition) is 3. The normalized spacial score (nSPS) is 15.4. The third-order valence-corrected chi connectivity index (χ3v) is 4.93. The van der Waals surface area contributed by atoms with Crippen LogP contribution in [0.1, 0.15) is 26.3 Å². The van der Waals surface area contributed by atoms with Crippen LogP contribution in [0.4, 0.5) is 5.69 Å². The maximum atomic E-state index is 12.8. The van der Waals surface area contributed by atoms with Crippen molar-refractivity contribution in [3.05, 3.63) is 64.1 Å². The second-order valence-corrected chi connectivity index (χ2v) is 7.17. The van der Waals surface area contributed by atoms with Crippen LogP contribution in [0.2, 0.25) is 0 Å². The number of benzene rings is 2. The standard InChI is InChI=1S/C18H11NO6S2/c20-13-3-1-2-9(4-13)5-14-15(21)19(18(26)27-14)12-7-10(16(22)23)6-11(8-12)17(24)25/h1-8,20H,(H,22,23)(H,24,25)/b14-5-. The topological polar surface area (TPSA) is 115 Å². The van der Waals surface area contributed by atoms with Crippen molar-refractivity contribution in [1.82, 2.24) is 0 Å². The number of carbonyl (C=O) groups excluding carboxylic acids is 1. The zero-order valence-corrected chi connectivity index (χ0v) is 15.1. The Hall–Kier alpha value is -3.17. The molecule has 1 aliphatic rings. The van der Waals surface area contributed by atoms with Crippen molar-refractivity contribution in [2.75, 3.05) is 4.90 Å².